The molecule has 0 fully saturated rings. The van der Waals surface area contributed by atoms with Crippen molar-refractivity contribution in [3.63, 3.8) is 0 Å². The van der Waals surface area contributed by atoms with Gasteiger partial charge in [-0.25, -0.2) is 4.39 Å². The van der Waals surface area contributed by atoms with Crippen molar-refractivity contribution in [2.45, 2.75) is 6.54 Å². The molecule has 1 aliphatic rings. The zero-order valence-electron chi connectivity index (χ0n) is 9.95. The second-order valence-electron chi connectivity index (χ2n) is 4.16. The van der Waals surface area contributed by atoms with E-state index in [1.807, 2.05) is 12.1 Å². The molecule has 0 aliphatic carbocycles. The lowest BCUT2D eigenvalue weighted by Gasteiger charge is -2.09. The van der Waals surface area contributed by atoms with Gasteiger partial charge in [-0.05, 0) is 42.0 Å². The molecule has 1 heterocycles. The number of nitrogens with one attached hydrogen (secondary N) is 1. The molecule has 1 aliphatic heterocycles. The summed E-state index contributed by atoms with van der Waals surface area (Å²) in [5.41, 5.74) is 1.92. The fourth-order valence-electron chi connectivity index (χ4n) is 1.86. The van der Waals surface area contributed by atoms with Crippen LogP contribution in [0.2, 0.25) is 0 Å². The Kier molecular flexibility index (Phi) is 3.29. The highest BCUT2D eigenvalue weighted by Crippen LogP contribution is 2.37. The lowest BCUT2D eigenvalue weighted by atomic mass is 10.2. The Morgan fingerprint density at radius 3 is 2.53 bits per heavy atom. The highest BCUT2D eigenvalue weighted by Gasteiger charge is 2.16. The molecular weight excluding hydrogens is 313 g/mol. The van der Waals surface area contributed by atoms with Crippen LogP contribution in [0.5, 0.6) is 11.5 Å². The summed E-state index contributed by atoms with van der Waals surface area (Å²) >= 11 is 3.50. The second kappa shape index (κ2) is 5.09. The Morgan fingerprint density at radius 1 is 1.11 bits per heavy atom. The molecule has 0 spiro atoms. The van der Waals surface area contributed by atoms with Gasteiger partial charge in [0, 0.05) is 16.7 Å². The number of fused-ring (bicyclic) bond motifs is 1. The zero-order chi connectivity index (χ0) is 13.2. The molecule has 0 bridgehead atoms. The first-order valence-electron chi connectivity index (χ1n) is 5.80. The molecule has 0 atom stereocenters. The van der Waals surface area contributed by atoms with Crippen LogP contribution in [0, 0.1) is 5.82 Å². The first-order valence-corrected chi connectivity index (χ1v) is 6.59. The Balaban J connectivity index is 1.75. The van der Waals surface area contributed by atoms with Gasteiger partial charge in [-0.3, -0.25) is 0 Å². The third-order valence-electron chi connectivity index (χ3n) is 2.87. The average molecular weight is 324 g/mol. The molecule has 0 saturated heterocycles. The van der Waals surface area contributed by atoms with Crippen LogP contribution in [-0.4, -0.2) is 6.79 Å². The summed E-state index contributed by atoms with van der Waals surface area (Å²) < 4.78 is 24.4. The molecule has 0 radical (unpaired) electrons. The number of ether oxygens (including phenoxy) is 2. The van der Waals surface area contributed by atoms with E-state index in [4.69, 9.17) is 9.47 Å². The Labute approximate surface area is 118 Å². The van der Waals surface area contributed by atoms with Gasteiger partial charge in [0.2, 0.25) is 6.79 Å². The summed E-state index contributed by atoms with van der Waals surface area (Å²) in [6.07, 6.45) is 0. The Morgan fingerprint density at radius 2 is 1.79 bits per heavy atom. The smallest absolute Gasteiger partial charge is 0.231 e. The Hall–Kier alpha value is -1.75. The highest BCUT2D eigenvalue weighted by atomic mass is 79.9. The Bertz CT molecular complexity index is 601. The minimum Gasteiger partial charge on any atom is -0.454 e. The molecule has 3 rings (SSSR count). The summed E-state index contributed by atoms with van der Waals surface area (Å²) in [7, 11) is 0. The van der Waals surface area contributed by atoms with Crippen molar-refractivity contribution < 1.29 is 13.9 Å². The second-order valence-corrected chi connectivity index (χ2v) is 5.01. The number of hydrogen-bond donors (Lipinski definition) is 1. The minimum absolute atomic E-state index is 0.241. The van der Waals surface area contributed by atoms with Crippen LogP contribution in [0.25, 0.3) is 0 Å². The van der Waals surface area contributed by atoms with E-state index in [0.29, 0.717) is 6.54 Å². The molecular formula is C14H11BrFNO2. The molecule has 2 aromatic rings. The maximum atomic E-state index is 12.8. The largest absolute Gasteiger partial charge is 0.454 e. The van der Waals surface area contributed by atoms with Gasteiger partial charge in [0.05, 0.1) is 0 Å². The van der Waals surface area contributed by atoms with Crippen LogP contribution in [-0.2, 0) is 6.54 Å². The van der Waals surface area contributed by atoms with Gasteiger partial charge < -0.3 is 14.8 Å². The van der Waals surface area contributed by atoms with Crippen molar-refractivity contribution in [3.05, 3.63) is 52.3 Å². The standard InChI is InChI=1S/C14H11BrFNO2/c15-12-6-14-13(18-8-19-14)5-9(12)7-17-11-3-1-10(16)2-4-11/h1-6,17H,7-8H2. The van der Waals surface area contributed by atoms with Gasteiger partial charge in [-0.2, -0.15) is 0 Å². The molecule has 98 valence electrons. The molecule has 19 heavy (non-hydrogen) atoms. The third-order valence-corrected chi connectivity index (χ3v) is 3.61. The van der Waals surface area contributed by atoms with Crippen LogP contribution in [0.15, 0.2) is 40.9 Å². The van der Waals surface area contributed by atoms with Crippen molar-refractivity contribution in [2.24, 2.45) is 0 Å². The van der Waals surface area contributed by atoms with E-state index in [-0.39, 0.29) is 12.6 Å². The first-order chi connectivity index (χ1) is 9.22. The number of hydrogen-bond acceptors (Lipinski definition) is 3. The van der Waals surface area contributed by atoms with Crippen molar-refractivity contribution in [1.82, 2.24) is 0 Å². The normalized spacial score (nSPS) is 12.5. The van der Waals surface area contributed by atoms with Crippen molar-refractivity contribution in [1.29, 1.82) is 0 Å². The summed E-state index contributed by atoms with van der Waals surface area (Å²) in [5, 5.41) is 3.23. The number of benzene rings is 2. The predicted molar refractivity (Wildman–Crippen MR) is 74.0 cm³/mol. The van der Waals surface area contributed by atoms with Crippen molar-refractivity contribution in [2.75, 3.05) is 12.1 Å². The predicted octanol–water partition coefficient (Wildman–Crippen LogP) is 3.93. The van der Waals surface area contributed by atoms with Crippen LogP contribution in [0.4, 0.5) is 10.1 Å². The summed E-state index contributed by atoms with van der Waals surface area (Å²) in [4.78, 5) is 0. The molecule has 3 nitrogen and oxygen atoms in total. The lowest BCUT2D eigenvalue weighted by Crippen LogP contribution is -2.00. The van der Waals surface area contributed by atoms with Crippen molar-refractivity contribution in [3.8, 4) is 11.5 Å². The number of rotatable bonds is 3. The fourth-order valence-corrected chi connectivity index (χ4v) is 2.32. The summed E-state index contributed by atoms with van der Waals surface area (Å²) in [6.45, 7) is 0.874. The quantitative estimate of drug-likeness (QED) is 0.928. The van der Waals surface area contributed by atoms with E-state index in [0.717, 1.165) is 27.2 Å². The van der Waals surface area contributed by atoms with Crippen molar-refractivity contribution >= 4 is 21.6 Å². The fraction of sp³-hybridized carbons (Fsp3) is 0.143. The van der Waals surface area contributed by atoms with E-state index >= 15 is 0 Å². The molecule has 0 unspecified atom stereocenters. The maximum Gasteiger partial charge on any atom is 0.231 e. The monoisotopic (exact) mass is 323 g/mol. The number of halogens is 2. The van der Waals surface area contributed by atoms with E-state index in [1.165, 1.54) is 12.1 Å². The average Bonchev–Trinajstić information content (AvgIpc) is 2.85. The minimum atomic E-state index is -0.241. The van der Waals surface area contributed by atoms with Crippen LogP contribution in [0.1, 0.15) is 5.56 Å². The van der Waals surface area contributed by atoms with Crippen LogP contribution >= 0.6 is 15.9 Å². The van der Waals surface area contributed by atoms with Gasteiger partial charge >= 0.3 is 0 Å². The van der Waals surface area contributed by atoms with Gasteiger partial charge in [0.25, 0.3) is 0 Å². The maximum absolute atomic E-state index is 12.8. The third kappa shape index (κ3) is 2.66. The van der Waals surface area contributed by atoms with Crippen LogP contribution < -0.4 is 14.8 Å². The molecule has 0 amide bonds. The van der Waals surface area contributed by atoms with Gasteiger partial charge in [-0.1, -0.05) is 15.9 Å². The highest BCUT2D eigenvalue weighted by molar-refractivity contribution is 9.10. The van der Waals surface area contributed by atoms with Gasteiger partial charge in [-0.15, -0.1) is 0 Å². The van der Waals surface area contributed by atoms with E-state index in [2.05, 4.69) is 21.2 Å². The van der Waals surface area contributed by atoms with E-state index < -0.39 is 0 Å². The molecule has 0 saturated carbocycles. The van der Waals surface area contributed by atoms with E-state index in [9.17, 15) is 4.39 Å². The van der Waals surface area contributed by atoms with Gasteiger partial charge in [0.1, 0.15) is 5.82 Å². The first kappa shape index (κ1) is 12.3. The zero-order valence-corrected chi connectivity index (χ0v) is 11.5. The molecule has 5 heteroatoms. The van der Waals surface area contributed by atoms with E-state index in [1.54, 1.807) is 12.1 Å². The molecule has 2 aromatic carbocycles. The van der Waals surface area contributed by atoms with Gasteiger partial charge in [0.15, 0.2) is 11.5 Å². The number of anilines is 1. The lowest BCUT2D eigenvalue weighted by molar-refractivity contribution is 0.174. The van der Waals surface area contributed by atoms with Crippen LogP contribution in [0.3, 0.4) is 0 Å². The SMILES string of the molecule is Fc1ccc(NCc2cc3c(cc2Br)OCO3)cc1. The molecule has 0 aromatic heterocycles. The summed E-state index contributed by atoms with van der Waals surface area (Å²) in [6, 6.07) is 10.1. The summed E-state index contributed by atoms with van der Waals surface area (Å²) in [5.74, 6) is 1.26. The molecule has 1 N–H and O–H groups in total. The topological polar surface area (TPSA) is 30.5 Å².